The second-order valence-electron chi connectivity index (χ2n) is 8.28. The molecule has 1 atom stereocenters. The summed E-state index contributed by atoms with van der Waals surface area (Å²) in [6.45, 7) is 16.4. The van der Waals surface area contributed by atoms with E-state index in [2.05, 4.69) is 36.6 Å². The molecule has 1 heterocycles. The molecule has 1 unspecified atom stereocenters. The second-order valence-corrected chi connectivity index (χ2v) is 8.28. The maximum absolute atomic E-state index is 12.1. The van der Waals surface area contributed by atoms with Gasteiger partial charge in [-0.1, -0.05) is 25.9 Å². The minimum atomic E-state index is -0.492. The van der Waals surface area contributed by atoms with E-state index in [-0.39, 0.29) is 36.0 Å². The summed E-state index contributed by atoms with van der Waals surface area (Å²) < 4.78 is 10.8. The molecular weight excluding hydrogens is 497 g/mol. The molecule has 0 aromatic carbocycles. The van der Waals surface area contributed by atoms with Crippen molar-refractivity contribution in [1.29, 1.82) is 0 Å². The summed E-state index contributed by atoms with van der Waals surface area (Å²) in [7, 11) is 1.76. The van der Waals surface area contributed by atoms with Crippen LogP contribution in [0.3, 0.4) is 0 Å². The molecule has 1 aromatic heterocycles. The molecule has 1 amide bonds. The van der Waals surface area contributed by atoms with Crippen molar-refractivity contribution in [2.45, 2.75) is 73.5 Å². The van der Waals surface area contributed by atoms with Gasteiger partial charge < -0.3 is 24.8 Å². The molecule has 0 saturated heterocycles. The van der Waals surface area contributed by atoms with Crippen molar-refractivity contribution < 1.29 is 14.1 Å². The molecule has 0 aliphatic heterocycles. The van der Waals surface area contributed by atoms with Crippen LogP contribution in [0, 0.1) is 5.92 Å². The van der Waals surface area contributed by atoms with E-state index in [1.54, 1.807) is 11.9 Å². The summed E-state index contributed by atoms with van der Waals surface area (Å²) in [6.07, 6.45) is 1.32. The highest BCUT2D eigenvalue weighted by atomic mass is 127. The quantitative estimate of drug-likeness (QED) is 0.282. The molecular formula is C21H40IN5O3. The lowest BCUT2D eigenvalue weighted by atomic mass is 10.1. The van der Waals surface area contributed by atoms with E-state index in [1.165, 1.54) is 0 Å². The maximum Gasteiger partial charge on any atom is 0.410 e. The number of nitrogens with zero attached hydrogens (tertiary/aromatic N) is 3. The van der Waals surface area contributed by atoms with Crippen LogP contribution in [0.1, 0.15) is 65.5 Å². The zero-order valence-corrected chi connectivity index (χ0v) is 22.1. The van der Waals surface area contributed by atoms with Crippen molar-refractivity contribution in [2.24, 2.45) is 10.9 Å². The molecule has 0 aliphatic carbocycles. The predicted molar refractivity (Wildman–Crippen MR) is 132 cm³/mol. The second kappa shape index (κ2) is 13.7. The number of carbonyl (C=O) groups excluding carboxylic acids is 1. The number of aromatic nitrogens is 1. The standard InChI is InChI=1S/C21H39N5O3.HI/c1-9-17-16(18(10-2)29-25-17)13-24-19(22-11-3)23-12-15(4)14-26(8)20(27)28-21(5,6)7;/h15H,9-14H2,1-8H3,(H2,22,23,24);1H. The van der Waals surface area contributed by atoms with E-state index < -0.39 is 5.60 Å². The summed E-state index contributed by atoms with van der Waals surface area (Å²) in [5, 5.41) is 10.8. The Morgan fingerprint density at radius 3 is 2.43 bits per heavy atom. The lowest BCUT2D eigenvalue weighted by Crippen LogP contribution is -2.42. The number of hydrogen-bond acceptors (Lipinski definition) is 5. The van der Waals surface area contributed by atoms with Gasteiger partial charge in [0.1, 0.15) is 11.4 Å². The van der Waals surface area contributed by atoms with Gasteiger partial charge in [0.25, 0.3) is 0 Å². The SMILES string of the molecule is CCNC(=NCc1c(CC)noc1CC)NCC(C)CN(C)C(=O)OC(C)(C)C.I. The molecule has 0 fully saturated rings. The number of ether oxygens (including phenoxy) is 1. The van der Waals surface area contributed by atoms with Gasteiger partial charge in [0.2, 0.25) is 0 Å². The molecule has 174 valence electrons. The molecule has 0 spiro atoms. The number of carbonyl (C=O) groups is 1. The Morgan fingerprint density at radius 1 is 1.23 bits per heavy atom. The van der Waals surface area contributed by atoms with E-state index in [0.29, 0.717) is 19.6 Å². The van der Waals surface area contributed by atoms with Crippen molar-refractivity contribution in [2.75, 3.05) is 26.7 Å². The fraction of sp³-hybridized carbons (Fsp3) is 0.762. The zero-order chi connectivity index (χ0) is 22.0. The topological polar surface area (TPSA) is 92.0 Å². The van der Waals surface area contributed by atoms with Crippen LogP contribution in [0.15, 0.2) is 9.52 Å². The van der Waals surface area contributed by atoms with Gasteiger partial charge in [-0.25, -0.2) is 9.79 Å². The first-order valence-corrected chi connectivity index (χ1v) is 10.5. The first-order valence-electron chi connectivity index (χ1n) is 10.5. The van der Waals surface area contributed by atoms with Crippen LogP contribution >= 0.6 is 24.0 Å². The van der Waals surface area contributed by atoms with Crippen LogP contribution in [0.5, 0.6) is 0 Å². The minimum Gasteiger partial charge on any atom is -0.444 e. The summed E-state index contributed by atoms with van der Waals surface area (Å²) >= 11 is 0. The number of hydrogen-bond donors (Lipinski definition) is 2. The Balaban J connectivity index is 0.00000841. The van der Waals surface area contributed by atoms with E-state index >= 15 is 0 Å². The normalized spacial score (nSPS) is 12.7. The van der Waals surface area contributed by atoms with Crippen LogP contribution in [-0.4, -0.2) is 54.4 Å². The molecule has 0 aliphatic rings. The number of nitrogens with one attached hydrogen (secondary N) is 2. The van der Waals surface area contributed by atoms with Crippen molar-refractivity contribution in [1.82, 2.24) is 20.7 Å². The van der Waals surface area contributed by atoms with Gasteiger partial charge in [-0.15, -0.1) is 24.0 Å². The van der Waals surface area contributed by atoms with E-state index in [9.17, 15) is 4.79 Å². The third kappa shape index (κ3) is 9.99. The number of halogens is 1. The van der Waals surface area contributed by atoms with E-state index in [1.807, 2.05) is 27.7 Å². The molecule has 0 bridgehead atoms. The summed E-state index contributed by atoms with van der Waals surface area (Å²) in [5.41, 5.74) is 1.55. The molecule has 0 radical (unpaired) electrons. The smallest absolute Gasteiger partial charge is 0.410 e. The lowest BCUT2D eigenvalue weighted by molar-refractivity contribution is 0.0278. The average molecular weight is 537 g/mol. The fourth-order valence-corrected chi connectivity index (χ4v) is 2.83. The molecule has 8 nitrogen and oxygen atoms in total. The Hall–Kier alpha value is -1.52. The molecule has 2 N–H and O–H groups in total. The lowest BCUT2D eigenvalue weighted by Gasteiger charge is -2.26. The van der Waals surface area contributed by atoms with E-state index in [0.717, 1.165) is 42.4 Å². The predicted octanol–water partition coefficient (Wildman–Crippen LogP) is 3.98. The number of amides is 1. The van der Waals surface area contributed by atoms with Gasteiger partial charge >= 0.3 is 6.09 Å². The highest BCUT2D eigenvalue weighted by molar-refractivity contribution is 14.0. The summed E-state index contributed by atoms with van der Waals surface area (Å²) in [4.78, 5) is 18.4. The number of aliphatic imine (C=N–C) groups is 1. The van der Waals surface area contributed by atoms with Gasteiger partial charge in [0.05, 0.1) is 12.2 Å². The zero-order valence-electron chi connectivity index (χ0n) is 19.8. The summed E-state index contributed by atoms with van der Waals surface area (Å²) in [6, 6.07) is 0. The van der Waals surface area contributed by atoms with Gasteiger partial charge in [0.15, 0.2) is 5.96 Å². The highest BCUT2D eigenvalue weighted by Gasteiger charge is 2.21. The molecule has 30 heavy (non-hydrogen) atoms. The van der Waals surface area contributed by atoms with E-state index in [4.69, 9.17) is 14.3 Å². The average Bonchev–Trinajstić information content (AvgIpc) is 3.04. The molecule has 1 rings (SSSR count). The summed E-state index contributed by atoms with van der Waals surface area (Å²) in [5.74, 6) is 1.86. The van der Waals surface area contributed by atoms with Crippen LogP contribution in [0.4, 0.5) is 4.79 Å². The third-order valence-electron chi connectivity index (χ3n) is 4.26. The van der Waals surface area contributed by atoms with Crippen molar-refractivity contribution in [3.05, 3.63) is 17.0 Å². The van der Waals surface area contributed by atoms with Crippen molar-refractivity contribution >= 4 is 36.0 Å². The monoisotopic (exact) mass is 537 g/mol. The number of rotatable bonds is 9. The van der Waals surface area contributed by atoms with Crippen LogP contribution in [0.25, 0.3) is 0 Å². The molecule has 9 heteroatoms. The Labute approximate surface area is 198 Å². The first-order chi connectivity index (χ1) is 13.6. The first kappa shape index (κ1) is 28.5. The maximum atomic E-state index is 12.1. The largest absolute Gasteiger partial charge is 0.444 e. The highest BCUT2D eigenvalue weighted by Crippen LogP contribution is 2.16. The molecule has 1 aromatic rings. The molecule has 0 saturated carbocycles. The Morgan fingerprint density at radius 2 is 1.90 bits per heavy atom. The van der Waals surface area contributed by atoms with Crippen LogP contribution in [-0.2, 0) is 24.1 Å². The van der Waals surface area contributed by atoms with Crippen LogP contribution < -0.4 is 10.6 Å². The fourth-order valence-electron chi connectivity index (χ4n) is 2.83. The minimum absolute atomic E-state index is 0. The van der Waals surface area contributed by atoms with Gasteiger partial charge in [0, 0.05) is 38.7 Å². The van der Waals surface area contributed by atoms with Gasteiger partial charge in [-0.2, -0.15) is 0 Å². The third-order valence-corrected chi connectivity index (χ3v) is 4.26. The van der Waals surface area contributed by atoms with Gasteiger partial charge in [-0.3, -0.25) is 0 Å². The van der Waals surface area contributed by atoms with Crippen molar-refractivity contribution in [3.8, 4) is 0 Å². The number of aryl methyl sites for hydroxylation is 2. The van der Waals surface area contributed by atoms with Crippen LogP contribution in [0.2, 0.25) is 0 Å². The van der Waals surface area contributed by atoms with Gasteiger partial charge in [-0.05, 0) is 40.0 Å². The Kier molecular flexibility index (Phi) is 13.0. The van der Waals surface area contributed by atoms with Crippen molar-refractivity contribution in [3.63, 3.8) is 0 Å². The Bertz CT molecular complexity index is 649. The number of guanidine groups is 1.